The summed E-state index contributed by atoms with van der Waals surface area (Å²) >= 11 is 0. The number of rotatable bonds is 3. The van der Waals surface area contributed by atoms with Crippen molar-refractivity contribution < 1.29 is 14.0 Å². The van der Waals surface area contributed by atoms with Gasteiger partial charge in [0.05, 0.1) is 17.3 Å². The lowest BCUT2D eigenvalue weighted by Gasteiger charge is -2.32. The maximum absolute atomic E-state index is 6.22. The van der Waals surface area contributed by atoms with Gasteiger partial charge in [0.15, 0.2) is 0 Å². The Morgan fingerprint density at radius 1 is 1.00 bits per heavy atom. The summed E-state index contributed by atoms with van der Waals surface area (Å²) in [7, 11) is -0.344. The van der Waals surface area contributed by atoms with E-state index in [1.807, 2.05) is 0 Å². The molecule has 1 aromatic rings. The van der Waals surface area contributed by atoms with Gasteiger partial charge in [-0.3, -0.25) is 0 Å². The van der Waals surface area contributed by atoms with Crippen molar-refractivity contribution in [1.82, 2.24) is 0 Å². The normalized spacial score (nSPS) is 23.2. The molecule has 0 amide bonds. The van der Waals surface area contributed by atoms with Crippen LogP contribution in [-0.4, -0.2) is 24.4 Å². The van der Waals surface area contributed by atoms with Crippen molar-refractivity contribution in [2.24, 2.45) is 0 Å². The minimum Gasteiger partial charge on any atom is -0.490 e. The molecule has 0 radical (unpaired) electrons. The highest BCUT2D eigenvalue weighted by atomic mass is 16.7. The monoisotopic (exact) mass is 316 g/mol. The summed E-state index contributed by atoms with van der Waals surface area (Å²) < 4.78 is 18.5. The van der Waals surface area contributed by atoms with Crippen molar-refractivity contribution >= 4 is 12.6 Å². The molecule has 0 aromatic heterocycles. The molecule has 0 atom stereocenters. The maximum Gasteiger partial charge on any atom is 0.494 e. The lowest BCUT2D eigenvalue weighted by molar-refractivity contribution is 0.00578. The SMILES string of the molecule is CC(C)(C)c1cc(OC2CC2)cc(B2OC(C)(C)C(C)(C)O2)c1. The zero-order valence-corrected chi connectivity index (χ0v) is 15.5. The van der Waals surface area contributed by atoms with Gasteiger partial charge in [0.2, 0.25) is 0 Å². The van der Waals surface area contributed by atoms with Gasteiger partial charge < -0.3 is 14.0 Å². The van der Waals surface area contributed by atoms with Gasteiger partial charge in [-0.1, -0.05) is 26.8 Å². The highest BCUT2D eigenvalue weighted by Crippen LogP contribution is 2.37. The maximum atomic E-state index is 6.22. The van der Waals surface area contributed by atoms with Crippen LogP contribution >= 0.6 is 0 Å². The lowest BCUT2D eigenvalue weighted by Crippen LogP contribution is -2.41. The largest absolute Gasteiger partial charge is 0.494 e. The number of ether oxygens (including phenoxy) is 1. The first-order chi connectivity index (χ1) is 10.5. The van der Waals surface area contributed by atoms with Crippen LogP contribution in [0, 0.1) is 0 Å². The van der Waals surface area contributed by atoms with Crippen LogP contribution in [0.15, 0.2) is 18.2 Å². The van der Waals surface area contributed by atoms with E-state index in [4.69, 9.17) is 14.0 Å². The van der Waals surface area contributed by atoms with Crippen molar-refractivity contribution in [3.05, 3.63) is 23.8 Å². The Balaban J connectivity index is 1.95. The molecular formula is C19H29BO3. The van der Waals surface area contributed by atoms with Gasteiger partial charge in [0, 0.05) is 0 Å². The van der Waals surface area contributed by atoms with Crippen molar-refractivity contribution in [3.63, 3.8) is 0 Å². The van der Waals surface area contributed by atoms with Crippen molar-refractivity contribution in [3.8, 4) is 5.75 Å². The number of hydrogen-bond donors (Lipinski definition) is 0. The molecule has 1 saturated carbocycles. The standard InChI is InChI=1S/C19H29BO3/c1-17(2,3)13-10-14(12-16(11-13)21-15-8-9-15)20-22-18(4,5)19(6,7)23-20/h10-12,15H,8-9H2,1-7H3. The summed E-state index contributed by atoms with van der Waals surface area (Å²) in [6.07, 6.45) is 2.70. The van der Waals surface area contributed by atoms with Crippen molar-refractivity contribution in [2.75, 3.05) is 0 Å². The van der Waals surface area contributed by atoms with Crippen LogP contribution in [0.5, 0.6) is 5.75 Å². The first-order valence-electron chi connectivity index (χ1n) is 8.66. The predicted octanol–water partition coefficient (Wildman–Crippen LogP) is 3.82. The molecule has 1 aromatic carbocycles. The van der Waals surface area contributed by atoms with Gasteiger partial charge in [0.1, 0.15) is 5.75 Å². The molecule has 1 aliphatic carbocycles. The van der Waals surface area contributed by atoms with Crippen LogP contribution in [0.1, 0.15) is 66.9 Å². The molecule has 0 N–H and O–H groups in total. The van der Waals surface area contributed by atoms with Gasteiger partial charge in [-0.05, 0) is 69.1 Å². The van der Waals surface area contributed by atoms with Crippen molar-refractivity contribution in [2.45, 2.75) is 84.0 Å². The molecule has 23 heavy (non-hydrogen) atoms. The second-order valence-electron chi connectivity index (χ2n) is 8.95. The molecule has 1 aliphatic heterocycles. The third-order valence-corrected chi connectivity index (χ3v) is 5.15. The zero-order chi connectivity index (χ0) is 17.0. The Morgan fingerprint density at radius 2 is 1.57 bits per heavy atom. The molecule has 0 bridgehead atoms. The van der Waals surface area contributed by atoms with Gasteiger partial charge in [-0.15, -0.1) is 0 Å². The van der Waals surface area contributed by atoms with Crippen LogP contribution in [0.3, 0.4) is 0 Å². The van der Waals surface area contributed by atoms with E-state index in [0.29, 0.717) is 6.10 Å². The second kappa shape index (κ2) is 5.25. The van der Waals surface area contributed by atoms with E-state index < -0.39 is 0 Å². The smallest absolute Gasteiger partial charge is 0.490 e. The summed E-state index contributed by atoms with van der Waals surface area (Å²) in [5.74, 6) is 0.935. The Morgan fingerprint density at radius 3 is 2.04 bits per heavy atom. The third kappa shape index (κ3) is 3.43. The van der Waals surface area contributed by atoms with Gasteiger partial charge >= 0.3 is 7.12 Å². The Bertz CT molecular complexity index is 581. The molecule has 3 rings (SSSR count). The summed E-state index contributed by atoms with van der Waals surface area (Å²) in [5.41, 5.74) is 1.70. The second-order valence-corrected chi connectivity index (χ2v) is 8.95. The average Bonchev–Trinajstić information content (AvgIpc) is 3.15. The molecule has 4 heteroatoms. The molecule has 3 nitrogen and oxygen atoms in total. The summed E-state index contributed by atoms with van der Waals surface area (Å²) in [6, 6.07) is 6.44. The highest BCUT2D eigenvalue weighted by molar-refractivity contribution is 6.62. The summed E-state index contributed by atoms with van der Waals surface area (Å²) in [5, 5.41) is 0. The Kier molecular flexibility index (Phi) is 3.85. The summed E-state index contributed by atoms with van der Waals surface area (Å²) in [6.45, 7) is 15.0. The van der Waals surface area contributed by atoms with Crippen LogP contribution < -0.4 is 10.2 Å². The molecule has 126 valence electrons. The molecule has 0 unspecified atom stereocenters. The highest BCUT2D eigenvalue weighted by Gasteiger charge is 2.52. The molecular weight excluding hydrogens is 287 g/mol. The lowest BCUT2D eigenvalue weighted by atomic mass is 9.75. The zero-order valence-electron chi connectivity index (χ0n) is 15.5. The Labute approximate surface area is 140 Å². The van der Waals surface area contributed by atoms with E-state index in [-0.39, 0.29) is 23.7 Å². The van der Waals surface area contributed by atoms with Crippen molar-refractivity contribution in [1.29, 1.82) is 0 Å². The average molecular weight is 316 g/mol. The van der Waals surface area contributed by atoms with Crippen LogP contribution in [0.4, 0.5) is 0 Å². The number of hydrogen-bond acceptors (Lipinski definition) is 3. The first-order valence-corrected chi connectivity index (χ1v) is 8.66. The quantitative estimate of drug-likeness (QED) is 0.793. The van der Waals surface area contributed by atoms with E-state index in [2.05, 4.69) is 66.7 Å². The van der Waals surface area contributed by atoms with Gasteiger partial charge in [-0.25, -0.2) is 0 Å². The number of benzene rings is 1. The predicted molar refractivity (Wildman–Crippen MR) is 94.5 cm³/mol. The van der Waals surface area contributed by atoms with E-state index in [9.17, 15) is 0 Å². The fourth-order valence-corrected chi connectivity index (χ4v) is 2.62. The molecule has 2 aliphatic rings. The molecule has 1 saturated heterocycles. The van der Waals surface area contributed by atoms with Crippen LogP contribution in [0.2, 0.25) is 0 Å². The van der Waals surface area contributed by atoms with E-state index in [1.54, 1.807) is 0 Å². The van der Waals surface area contributed by atoms with Gasteiger partial charge in [0.25, 0.3) is 0 Å². The fourth-order valence-electron chi connectivity index (χ4n) is 2.62. The van der Waals surface area contributed by atoms with E-state index >= 15 is 0 Å². The molecule has 0 spiro atoms. The fraction of sp³-hybridized carbons (Fsp3) is 0.684. The molecule has 2 fully saturated rings. The van der Waals surface area contributed by atoms with Gasteiger partial charge in [-0.2, -0.15) is 0 Å². The third-order valence-electron chi connectivity index (χ3n) is 5.15. The topological polar surface area (TPSA) is 27.7 Å². The minimum atomic E-state index is -0.344. The van der Waals surface area contributed by atoms with E-state index in [1.165, 1.54) is 5.56 Å². The van der Waals surface area contributed by atoms with E-state index in [0.717, 1.165) is 24.1 Å². The first kappa shape index (κ1) is 16.8. The van der Waals surface area contributed by atoms with Crippen LogP contribution in [0.25, 0.3) is 0 Å². The Hall–Kier alpha value is -0.995. The summed E-state index contributed by atoms with van der Waals surface area (Å²) in [4.78, 5) is 0. The minimum absolute atomic E-state index is 0.0569. The molecule has 1 heterocycles. The van der Waals surface area contributed by atoms with Crippen LogP contribution in [-0.2, 0) is 14.7 Å².